The summed E-state index contributed by atoms with van der Waals surface area (Å²) in [6.45, 7) is 7.14. The fourth-order valence-electron chi connectivity index (χ4n) is 2.53. The molecular formula is C10H16. The van der Waals surface area contributed by atoms with Crippen LogP contribution in [0.2, 0.25) is 0 Å². The summed E-state index contributed by atoms with van der Waals surface area (Å²) in [4.78, 5) is 0. The zero-order chi connectivity index (χ0) is 7.35. The van der Waals surface area contributed by atoms with E-state index in [0.717, 1.165) is 5.92 Å². The molecule has 0 heteroatoms. The molecule has 56 valence electrons. The van der Waals surface area contributed by atoms with Gasteiger partial charge in [0.15, 0.2) is 0 Å². The third-order valence-electron chi connectivity index (χ3n) is 3.42. The highest BCUT2D eigenvalue weighted by molar-refractivity contribution is 5.27. The molecule has 0 heterocycles. The highest BCUT2D eigenvalue weighted by atomic mass is 14.5. The van der Waals surface area contributed by atoms with Crippen molar-refractivity contribution in [1.82, 2.24) is 0 Å². The highest BCUT2D eigenvalue weighted by Crippen LogP contribution is 2.54. The van der Waals surface area contributed by atoms with E-state index >= 15 is 0 Å². The highest BCUT2D eigenvalue weighted by Gasteiger charge is 2.42. The second kappa shape index (κ2) is 1.66. The number of allylic oxidation sites excluding steroid dienone is 2. The normalized spacial score (nSPS) is 35.7. The summed E-state index contributed by atoms with van der Waals surface area (Å²) in [6.07, 6.45) is 4.19. The van der Waals surface area contributed by atoms with Gasteiger partial charge in [-0.3, -0.25) is 0 Å². The van der Waals surface area contributed by atoms with Gasteiger partial charge in [0.05, 0.1) is 0 Å². The molecular weight excluding hydrogens is 120 g/mol. The van der Waals surface area contributed by atoms with Gasteiger partial charge in [0.1, 0.15) is 0 Å². The van der Waals surface area contributed by atoms with E-state index in [1.165, 1.54) is 19.3 Å². The van der Waals surface area contributed by atoms with Crippen LogP contribution in [-0.2, 0) is 0 Å². The minimum atomic E-state index is 0.634. The van der Waals surface area contributed by atoms with Crippen molar-refractivity contribution in [3.63, 3.8) is 0 Å². The molecule has 1 fully saturated rings. The van der Waals surface area contributed by atoms with E-state index in [0.29, 0.717) is 5.41 Å². The van der Waals surface area contributed by atoms with Crippen LogP contribution < -0.4 is 0 Å². The lowest BCUT2D eigenvalue weighted by Crippen LogP contribution is -2.18. The Hall–Kier alpha value is -0.260. The first-order valence-electron chi connectivity index (χ1n) is 4.27. The van der Waals surface area contributed by atoms with Gasteiger partial charge in [-0.2, -0.15) is 0 Å². The van der Waals surface area contributed by atoms with Gasteiger partial charge in [-0.25, -0.2) is 0 Å². The topological polar surface area (TPSA) is 0 Å². The van der Waals surface area contributed by atoms with Crippen LogP contribution in [0.5, 0.6) is 0 Å². The Bertz CT molecular complexity index is 194. The van der Waals surface area contributed by atoms with Gasteiger partial charge in [0.25, 0.3) is 0 Å². The average molecular weight is 136 g/mol. The van der Waals surface area contributed by atoms with Gasteiger partial charge >= 0.3 is 0 Å². The molecule has 0 amide bonds. The molecule has 2 aliphatic carbocycles. The van der Waals surface area contributed by atoms with Gasteiger partial charge in [-0.1, -0.05) is 25.0 Å². The van der Waals surface area contributed by atoms with Gasteiger partial charge in [-0.15, -0.1) is 0 Å². The van der Waals surface area contributed by atoms with Crippen molar-refractivity contribution in [2.45, 2.75) is 40.0 Å². The Kier molecular flexibility index (Phi) is 1.07. The van der Waals surface area contributed by atoms with Crippen molar-refractivity contribution >= 4 is 0 Å². The van der Waals surface area contributed by atoms with Crippen LogP contribution in [0, 0.1) is 11.3 Å². The molecule has 1 unspecified atom stereocenters. The molecule has 0 nitrogen and oxygen atoms in total. The third-order valence-corrected chi connectivity index (χ3v) is 3.42. The summed E-state index contributed by atoms with van der Waals surface area (Å²) in [5.74, 6) is 0.988. The second-order valence-corrected chi connectivity index (χ2v) is 4.65. The van der Waals surface area contributed by atoms with Gasteiger partial charge < -0.3 is 0 Å². The summed E-state index contributed by atoms with van der Waals surface area (Å²) in [5, 5.41) is 0. The van der Waals surface area contributed by atoms with Crippen LogP contribution >= 0.6 is 0 Å². The maximum absolute atomic E-state index is 2.41. The van der Waals surface area contributed by atoms with Crippen molar-refractivity contribution in [1.29, 1.82) is 0 Å². The molecule has 0 radical (unpaired) electrons. The Morgan fingerprint density at radius 2 is 2.00 bits per heavy atom. The van der Waals surface area contributed by atoms with Gasteiger partial charge in [0, 0.05) is 0 Å². The second-order valence-electron chi connectivity index (χ2n) is 4.65. The molecule has 0 aromatic carbocycles. The number of hydrogen-bond donors (Lipinski definition) is 0. The molecule has 0 saturated heterocycles. The largest absolute Gasteiger partial charge is 0.0738 e. The van der Waals surface area contributed by atoms with E-state index in [4.69, 9.17) is 0 Å². The smallest absolute Gasteiger partial charge is 0.0263 e. The monoisotopic (exact) mass is 136 g/mol. The Morgan fingerprint density at radius 3 is 2.30 bits per heavy atom. The maximum Gasteiger partial charge on any atom is -0.0263 e. The van der Waals surface area contributed by atoms with E-state index in [1.54, 1.807) is 11.1 Å². The molecule has 0 spiro atoms. The fourth-order valence-corrected chi connectivity index (χ4v) is 2.53. The number of fused-ring (bicyclic) bond motifs is 2. The van der Waals surface area contributed by atoms with E-state index in [-0.39, 0.29) is 0 Å². The van der Waals surface area contributed by atoms with Gasteiger partial charge in [0.2, 0.25) is 0 Å². The Morgan fingerprint density at radius 1 is 1.30 bits per heavy atom. The predicted octanol–water partition coefficient (Wildman–Crippen LogP) is 3.14. The van der Waals surface area contributed by atoms with Crippen molar-refractivity contribution < 1.29 is 0 Å². The quantitative estimate of drug-likeness (QED) is 0.449. The SMILES string of the molecule is CC1=C2CC(C1)C(C)(C)C2. The van der Waals surface area contributed by atoms with Crippen molar-refractivity contribution in [2.24, 2.45) is 11.3 Å². The van der Waals surface area contributed by atoms with Crippen molar-refractivity contribution in [3.05, 3.63) is 11.1 Å². The van der Waals surface area contributed by atoms with E-state index in [9.17, 15) is 0 Å². The zero-order valence-corrected chi connectivity index (χ0v) is 7.20. The average Bonchev–Trinajstić information content (AvgIpc) is 2.21. The number of rotatable bonds is 0. The summed E-state index contributed by atoms with van der Waals surface area (Å²) >= 11 is 0. The Labute approximate surface area is 63.3 Å². The first kappa shape index (κ1) is 6.45. The van der Waals surface area contributed by atoms with Gasteiger partial charge in [-0.05, 0) is 37.5 Å². The van der Waals surface area contributed by atoms with Crippen molar-refractivity contribution in [3.8, 4) is 0 Å². The standard InChI is InChI=1S/C10H16/c1-7-4-9-5-8(7)6-10(9,2)3/h9H,4-6H2,1-3H3. The third kappa shape index (κ3) is 0.680. The fraction of sp³-hybridized carbons (Fsp3) is 0.800. The molecule has 2 rings (SSSR count). The molecule has 1 saturated carbocycles. The molecule has 0 aromatic rings. The first-order valence-corrected chi connectivity index (χ1v) is 4.27. The lowest BCUT2D eigenvalue weighted by Gasteiger charge is -2.28. The molecule has 0 aromatic heterocycles. The Balaban J connectivity index is 2.32. The summed E-state index contributed by atoms with van der Waals surface area (Å²) in [6, 6.07) is 0. The van der Waals surface area contributed by atoms with Crippen LogP contribution in [0.25, 0.3) is 0 Å². The van der Waals surface area contributed by atoms with Crippen LogP contribution in [-0.4, -0.2) is 0 Å². The number of hydrogen-bond acceptors (Lipinski definition) is 0. The van der Waals surface area contributed by atoms with Crippen LogP contribution in [0.1, 0.15) is 40.0 Å². The summed E-state index contributed by atoms with van der Waals surface area (Å²) < 4.78 is 0. The zero-order valence-electron chi connectivity index (χ0n) is 7.20. The van der Waals surface area contributed by atoms with Crippen LogP contribution in [0.4, 0.5) is 0 Å². The predicted molar refractivity (Wildman–Crippen MR) is 43.8 cm³/mol. The lowest BCUT2D eigenvalue weighted by atomic mass is 9.77. The molecule has 10 heavy (non-hydrogen) atoms. The minimum Gasteiger partial charge on any atom is -0.0738 e. The molecule has 0 N–H and O–H groups in total. The molecule has 2 aliphatic rings. The van der Waals surface area contributed by atoms with Crippen LogP contribution in [0.15, 0.2) is 11.1 Å². The minimum absolute atomic E-state index is 0.634. The lowest BCUT2D eigenvalue weighted by molar-refractivity contribution is 0.255. The maximum atomic E-state index is 2.41. The molecule has 2 bridgehead atoms. The van der Waals surface area contributed by atoms with Crippen LogP contribution in [0.3, 0.4) is 0 Å². The van der Waals surface area contributed by atoms with E-state index in [1.807, 2.05) is 0 Å². The summed E-state index contributed by atoms with van der Waals surface area (Å²) in [7, 11) is 0. The molecule has 0 aliphatic heterocycles. The van der Waals surface area contributed by atoms with E-state index < -0.39 is 0 Å². The summed E-state index contributed by atoms with van der Waals surface area (Å²) in [5.41, 5.74) is 4.11. The molecule has 1 atom stereocenters. The van der Waals surface area contributed by atoms with Crippen molar-refractivity contribution in [2.75, 3.05) is 0 Å². The van der Waals surface area contributed by atoms with E-state index in [2.05, 4.69) is 20.8 Å². The first-order chi connectivity index (χ1) is 4.59.